The Balaban J connectivity index is 1.26. The van der Waals surface area contributed by atoms with E-state index in [1.54, 1.807) is 0 Å². The van der Waals surface area contributed by atoms with Crippen molar-refractivity contribution in [3.05, 3.63) is 29.8 Å². The van der Waals surface area contributed by atoms with E-state index in [1.165, 1.54) is 102 Å². The van der Waals surface area contributed by atoms with Gasteiger partial charge in [-0.3, -0.25) is 0 Å². The quantitative estimate of drug-likeness (QED) is 0.323. The first-order valence-electron chi connectivity index (χ1n) is 13.9. The summed E-state index contributed by atoms with van der Waals surface area (Å²) in [7, 11) is 0. The zero-order valence-corrected chi connectivity index (χ0v) is 20.9. The normalized spacial score (nSPS) is 27.7. The van der Waals surface area contributed by atoms with E-state index in [1.807, 2.05) is 0 Å². The fraction of sp³-hybridized carbons (Fsp3) is 0.800. The van der Waals surface area contributed by atoms with Gasteiger partial charge in [-0.2, -0.15) is 0 Å². The highest BCUT2D eigenvalue weighted by molar-refractivity contribution is 5.27. The van der Waals surface area contributed by atoms with E-state index >= 15 is 0 Å². The molecule has 0 bridgehead atoms. The highest BCUT2D eigenvalue weighted by atomic mass is 16.5. The van der Waals surface area contributed by atoms with Crippen LogP contribution in [0.3, 0.4) is 0 Å². The summed E-state index contributed by atoms with van der Waals surface area (Å²) in [6.07, 6.45) is 21.8. The SMILES string of the molecule is CCC[C@H]1CC[C@H](CC[C@H]2CC[C@H](CCc3ccc(OCC(C)CC)cc3)CC2)CC1. The van der Waals surface area contributed by atoms with Crippen molar-refractivity contribution in [2.75, 3.05) is 6.61 Å². The Morgan fingerprint density at radius 2 is 1.19 bits per heavy atom. The first kappa shape index (κ1) is 24.7. The average molecular weight is 427 g/mol. The summed E-state index contributed by atoms with van der Waals surface area (Å²) in [5.41, 5.74) is 1.48. The van der Waals surface area contributed by atoms with Gasteiger partial charge in [0.15, 0.2) is 0 Å². The second kappa shape index (κ2) is 13.5. The molecule has 2 aliphatic carbocycles. The van der Waals surface area contributed by atoms with Crippen LogP contribution in [0.5, 0.6) is 5.75 Å². The Morgan fingerprint density at radius 3 is 1.68 bits per heavy atom. The Labute approximate surface area is 193 Å². The lowest BCUT2D eigenvalue weighted by Crippen LogP contribution is -2.18. The number of aryl methyl sites for hydroxylation is 1. The molecule has 0 N–H and O–H groups in total. The van der Waals surface area contributed by atoms with Crippen molar-refractivity contribution in [3.63, 3.8) is 0 Å². The standard InChI is InChI=1S/C30H50O/c1-4-6-25-7-9-26(10-8-25)11-12-27-13-15-28(16-14-27)17-18-29-19-21-30(22-20-29)31-23-24(3)5-2/h19-22,24-28H,4-18,23H2,1-3H3/t24?,25-,26-,27-,28-. The van der Waals surface area contributed by atoms with E-state index < -0.39 is 0 Å². The molecule has 1 atom stereocenters. The maximum Gasteiger partial charge on any atom is 0.119 e. The molecule has 0 aliphatic heterocycles. The summed E-state index contributed by atoms with van der Waals surface area (Å²) < 4.78 is 5.90. The second-order valence-corrected chi connectivity index (χ2v) is 11.1. The number of ether oxygens (including phenoxy) is 1. The third-order valence-corrected chi connectivity index (χ3v) is 8.61. The molecule has 31 heavy (non-hydrogen) atoms. The van der Waals surface area contributed by atoms with Crippen LogP contribution in [0.25, 0.3) is 0 Å². The summed E-state index contributed by atoms with van der Waals surface area (Å²) in [6.45, 7) is 7.66. The third kappa shape index (κ3) is 8.82. The molecule has 176 valence electrons. The fourth-order valence-corrected chi connectivity index (χ4v) is 5.98. The lowest BCUT2D eigenvalue weighted by molar-refractivity contribution is 0.209. The van der Waals surface area contributed by atoms with Gasteiger partial charge in [0.2, 0.25) is 0 Å². The molecule has 1 aromatic rings. The molecule has 2 fully saturated rings. The predicted octanol–water partition coefficient (Wildman–Crippen LogP) is 9.24. The lowest BCUT2D eigenvalue weighted by atomic mass is 9.74. The second-order valence-electron chi connectivity index (χ2n) is 11.1. The third-order valence-electron chi connectivity index (χ3n) is 8.61. The van der Waals surface area contributed by atoms with Crippen molar-refractivity contribution in [2.45, 2.75) is 117 Å². The maximum atomic E-state index is 5.90. The molecule has 2 saturated carbocycles. The van der Waals surface area contributed by atoms with Crippen LogP contribution < -0.4 is 4.74 Å². The summed E-state index contributed by atoms with van der Waals surface area (Å²) in [6, 6.07) is 8.91. The zero-order chi connectivity index (χ0) is 21.9. The Kier molecular flexibility index (Phi) is 10.8. The number of hydrogen-bond acceptors (Lipinski definition) is 1. The first-order valence-corrected chi connectivity index (χ1v) is 13.9. The monoisotopic (exact) mass is 426 g/mol. The van der Waals surface area contributed by atoms with E-state index in [0.717, 1.165) is 36.0 Å². The van der Waals surface area contributed by atoms with E-state index in [2.05, 4.69) is 45.0 Å². The van der Waals surface area contributed by atoms with Crippen LogP contribution in [0, 0.1) is 29.6 Å². The van der Waals surface area contributed by atoms with Crippen LogP contribution >= 0.6 is 0 Å². The lowest BCUT2D eigenvalue weighted by Gasteiger charge is -2.32. The molecule has 0 saturated heterocycles. The summed E-state index contributed by atoms with van der Waals surface area (Å²) in [4.78, 5) is 0. The smallest absolute Gasteiger partial charge is 0.119 e. The van der Waals surface area contributed by atoms with Crippen molar-refractivity contribution < 1.29 is 4.74 Å². The average Bonchev–Trinajstić information content (AvgIpc) is 2.82. The Morgan fingerprint density at radius 1 is 0.710 bits per heavy atom. The minimum atomic E-state index is 0.635. The molecule has 1 nitrogen and oxygen atoms in total. The number of benzene rings is 1. The largest absolute Gasteiger partial charge is 0.493 e. The van der Waals surface area contributed by atoms with Gasteiger partial charge in [0.25, 0.3) is 0 Å². The molecule has 1 aromatic carbocycles. The van der Waals surface area contributed by atoms with Crippen LogP contribution in [0.15, 0.2) is 24.3 Å². The molecule has 0 radical (unpaired) electrons. The fourth-order valence-electron chi connectivity index (χ4n) is 5.98. The van der Waals surface area contributed by atoms with Crippen molar-refractivity contribution in [1.82, 2.24) is 0 Å². The minimum absolute atomic E-state index is 0.635. The molecule has 1 unspecified atom stereocenters. The molecule has 1 heteroatoms. The molecular formula is C30H50O. The zero-order valence-electron chi connectivity index (χ0n) is 20.9. The maximum absolute atomic E-state index is 5.90. The van der Waals surface area contributed by atoms with Gasteiger partial charge in [-0.25, -0.2) is 0 Å². The van der Waals surface area contributed by atoms with Gasteiger partial charge in [0.05, 0.1) is 6.61 Å². The van der Waals surface area contributed by atoms with E-state index in [-0.39, 0.29) is 0 Å². The van der Waals surface area contributed by atoms with Crippen LogP contribution in [-0.2, 0) is 6.42 Å². The molecule has 0 spiro atoms. The number of rotatable bonds is 12. The van der Waals surface area contributed by atoms with E-state index in [0.29, 0.717) is 5.92 Å². The van der Waals surface area contributed by atoms with Crippen molar-refractivity contribution >= 4 is 0 Å². The topological polar surface area (TPSA) is 9.23 Å². The van der Waals surface area contributed by atoms with Crippen LogP contribution in [-0.4, -0.2) is 6.61 Å². The van der Waals surface area contributed by atoms with Crippen LogP contribution in [0.1, 0.15) is 116 Å². The molecule has 2 aliphatic rings. The van der Waals surface area contributed by atoms with Gasteiger partial charge in [-0.1, -0.05) is 116 Å². The highest BCUT2D eigenvalue weighted by Gasteiger charge is 2.24. The van der Waals surface area contributed by atoms with Gasteiger partial charge in [-0.15, -0.1) is 0 Å². The van der Waals surface area contributed by atoms with Crippen molar-refractivity contribution in [1.29, 1.82) is 0 Å². The Bertz CT molecular complexity index is 575. The van der Waals surface area contributed by atoms with Gasteiger partial charge in [0.1, 0.15) is 5.75 Å². The van der Waals surface area contributed by atoms with Gasteiger partial charge in [-0.05, 0) is 60.1 Å². The summed E-state index contributed by atoms with van der Waals surface area (Å²) in [5.74, 6) is 5.78. The van der Waals surface area contributed by atoms with E-state index in [4.69, 9.17) is 4.74 Å². The van der Waals surface area contributed by atoms with Crippen molar-refractivity contribution in [3.8, 4) is 5.75 Å². The Hall–Kier alpha value is -0.980. The minimum Gasteiger partial charge on any atom is -0.493 e. The molecule has 0 amide bonds. The highest BCUT2D eigenvalue weighted by Crippen LogP contribution is 2.38. The first-order chi connectivity index (χ1) is 15.2. The van der Waals surface area contributed by atoms with Gasteiger partial charge < -0.3 is 4.74 Å². The van der Waals surface area contributed by atoms with Crippen LogP contribution in [0.2, 0.25) is 0 Å². The molecule has 3 rings (SSSR count). The molecular weight excluding hydrogens is 376 g/mol. The molecule has 0 aromatic heterocycles. The van der Waals surface area contributed by atoms with Gasteiger partial charge >= 0.3 is 0 Å². The van der Waals surface area contributed by atoms with E-state index in [9.17, 15) is 0 Å². The number of hydrogen-bond donors (Lipinski definition) is 0. The van der Waals surface area contributed by atoms with Crippen molar-refractivity contribution in [2.24, 2.45) is 29.6 Å². The van der Waals surface area contributed by atoms with Crippen LogP contribution in [0.4, 0.5) is 0 Å². The predicted molar refractivity (Wildman–Crippen MR) is 135 cm³/mol. The molecule has 0 heterocycles. The summed E-state index contributed by atoms with van der Waals surface area (Å²) >= 11 is 0. The summed E-state index contributed by atoms with van der Waals surface area (Å²) in [5, 5.41) is 0. The van der Waals surface area contributed by atoms with Gasteiger partial charge in [0, 0.05) is 0 Å².